The van der Waals surface area contributed by atoms with Gasteiger partial charge in [0.05, 0.1) is 24.4 Å². The fourth-order valence-corrected chi connectivity index (χ4v) is 1.18. The Kier molecular flexibility index (Phi) is 7.32. The summed E-state index contributed by atoms with van der Waals surface area (Å²) in [5.41, 5.74) is -1.06. The van der Waals surface area contributed by atoms with Gasteiger partial charge in [-0.15, -0.1) is 0 Å². The molecule has 0 unspecified atom stereocenters. The monoisotopic (exact) mass is 286 g/mol. The molecule has 19 heavy (non-hydrogen) atoms. The van der Waals surface area contributed by atoms with Gasteiger partial charge in [0.2, 0.25) is 0 Å². The quantitative estimate of drug-likeness (QED) is 0.638. The molecule has 0 heterocycles. The number of hydrogen-bond donors (Lipinski definition) is 0. The number of alkyl halides is 3. The van der Waals surface area contributed by atoms with E-state index in [-0.39, 0.29) is 5.60 Å². The maximum atomic E-state index is 12.0. The first-order chi connectivity index (χ1) is 8.41. The summed E-state index contributed by atoms with van der Waals surface area (Å²) in [6.45, 7) is 9.08. The molecule has 0 radical (unpaired) electrons. The zero-order chi connectivity index (χ0) is 15.2. The zero-order valence-corrected chi connectivity index (χ0v) is 12.4. The van der Waals surface area contributed by atoms with Crippen LogP contribution in [0.25, 0.3) is 0 Å². The van der Waals surface area contributed by atoms with Crippen molar-refractivity contribution >= 4 is 0 Å². The number of ether oxygens (including phenoxy) is 3. The Morgan fingerprint density at radius 1 is 0.789 bits per heavy atom. The summed E-state index contributed by atoms with van der Waals surface area (Å²) in [6, 6.07) is 0. The van der Waals surface area contributed by atoms with Gasteiger partial charge in [-0.2, -0.15) is 13.2 Å². The maximum absolute atomic E-state index is 12.0. The topological polar surface area (TPSA) is 27.7 Å². The summed E-state index contributed by atoms with van der Waals surface area (Å²) in [7, 11) is 0. The van der Waals surface area contributed by atoms with Crippen LogP contribution in [0.2, 0.25) is 0 Å². The van der Waals surface area contributed by atoms with Crippen molar-refractivity contribution in [1.82, 2.24) is 0 Å². The number of rotatable bonds is 8. The van der Waals surface area contributed by atoms with E-state index in [0.717, 1.165) is 0 Å². The highest BCUT2D eigenvalue weighted by molar-refractivity contribution is 4.69. The van der Waals surface area contributed by atoms with Crippen LogP contribution in [0.15, 0.2) is 0 Å². The molecule has 0 aromatic carbocycles. The minimum absolute atomic E-state index is 0.210. The van der Waals surface area contributed by atoms with E-state index in [0.29, 0.717) is 26.2 Å². The third-order valence-electron chi connectivity index (χ3n) is 2.24. The zero-order valence-electron chi connectivity index (χ0n) is 12.4. The molecule has 0 rings (SSSR count). The second-order valence-electron chi connectivity index (χ2n) is 5.99. The highest BCUT2D eigenvalue weighted by Gasteiger charge is 2.31. The van der Waals surface area contributed by atoms with Gasteiger partial charge in [-0.1, -0.05) is 0 Å². The normalized spacial score (nSPS) is 13.9. The lowest BCUT2D eigenvalue weighted by Crippen LogP contribution is -2.32. The minimum Gasteiger partial charge on any atom is -0.379 e. The van der Waals surface area contributed by atoms with E-state index >= 15 is 0 Å². The van der Waals surface area contributed by atoms with E-state index in [2.05, 4.69) is 0 Å². The standard InChI is InChI=1S/C13H25F3O3/c1-11(2,3)18-9-8-17-7-6-12(4,5)19-10-13(14,15)16/h6-10H2,1-5H3. The first-order valence-corrected chi connectivity index (χ1v) is 6.34. The van der Waals surface area contributed by atoms with Crippen molar-refractivity contribution in [2.45, 2.75) is 58.4 Å². The molecule has 116 valence electrons. The molecule has 0 amide bonds. The summed E-state index contributed by atoms with van der Waals surface area (Å²) < 4.78 is 51.6. The van der Waals surface area contributed by atoms with Crippen molar-refractivity contribution in [1.29, 1.82) is 0 Å². The molecule has 0 aromatic heterocycles. The van der Waals surface area contributed by atoms with E-state index in [1.54, 1.807) is 13.8 Å². The molecule has 0 aliphatic carbocycles. The van der Waals surface area contributed by atoms with Gasteiger partial charge < -0.3 is 14.2 Å². The first kappa shape index (κ1) is 18.7. The predicted octanol–water partition coefficient (Wildman–Crippen LogP) is 3.57. The average molecular weight is 286 g/mol. The molecule has 0 aliphatic rings. The first-order valence-electron chi connectivity index (χ1n) is 6.34. The number of halogens is 3. The molecule has 0 fully saturated rings. The fourth-order valence-electron chi connectivity index (χ4n) is 1.18. The predicted molar refractivity (Wildman–Crippen MR) is 67.2 cm³/mol. The van der Waals surface area contributed by atoms with Gasteiger partial charge in [-0.3, -0.25) is 0 Å². The molecule has 0 atom stereocenters. The lowest BCUT2D eigenvalue weighted by molar-refractivity contribution is -0.202. The molecule has 0 bridgehead atoms. The molecule has 6 heteroatoms. The Morgan fingerprint density at radius 2 is 1.37 bits per heavy atom. The van der Waals surface area contributed by atoms with Gasteiger partial charge in [0.1, 0.15) is 6.61 Å². The summed E-state index contributed by atoms with van der Waals surface area (Å²) in [6.07, 6.45) is -3.89. The van der Waals surface area contributed by atoms with Gasteiger partial charge >= 0.3 is 6.18 Å². The Bertz CT molecular complexity index is 244. The molecule has 0 saturated carbocycles. The maximum Gasteiger partial charge on any atom is 0.411 e. The van der Waals surface area contributed by atoms with Crippen molar-refractivity contribution in [3.8, 4) is 0 Å². The van der Waals surface area contributed by atoms with Crippen LogP contribution < -0.4 is 0 Å². The molecule has 0 spiro atoms. The van der Waals surface area contributed by atoms with Crippen LogP contribution >= 0.6 is 0 Å². The lowest BCUT2D eigenvalue weighted by Gasteiger charge is -2.26. The Labute approximate surface area is 113 Å². The van der Waals surface area contributed by atoms with Crippen LogP contribution in [-0.4, -0.2) is 43.8 Å². The molecule has 0 N–H and O–H groups in total. The van der Waals surface area contributed by atoms with Gasteiger partial charge in [0, 0.05) is 6.61 Å². The van der Waals surface area contributed by atoms with Crippen LogP contribution in [0.4, 0.5) is 13.2 Å². The van der Waals surface area contributed by atoms with Crippen molar-refractivity contribution in [3.63, 3.8) is 0 Å². The average Bonchev–Trinajstić information content (AvgIpc) is 2.18. The van der Waals surface area contributed by atoms with E-state index in [1.165, 1.54) is 0 Å². The van der Waals surface area contributed by atoms with Crippen LogP contribution in [0.5, 0.6) is 0 Å². The Balaban J connectivity index is 3.64. The largest absolute Gasteiger partial charge is 0.411 e. The van der Waals surface area contributed by atoms with Crippen molar-refractivity contribution in [2.24, 2.45) is 0 Å². The van der Waals surface area contributed by atoms with Gasteiger partial charge in [0.15, 0.2) is 0 Å². The summed E-state index contributed by atoms with van der Waals surface area (Å²) in [5, 5.41) is 0. The number of hydrogen-bond acceptors (Lipinski definition) is 3. The second kappa shape index (κ2) is 7.45. The molecule has 3 nitrogen and oxygen atoms in total. The van der Waals surface area contributed by atoms with Gasteiger partial charge in [-0.05, 0) is 41.0 Å². The van der Waals surface area contributed by atoms with Crippen LogP contribution in [-0.2, 0) is 14.2 Å². The SMILES string of the molecule is CC(C)(C)OCCOCCC(C)(C)OCC(F)(F)F. The highest BCUT2D eigenvalue weighted by atomic mass is 19.4. The summed E-state index contributed by atoms with van der Waals surface area (Å²) in [4.78, 5) is 0. The smallest absolute Gasteiger partial charge is 0.379 e. The third kappa shape index (κ3) is 13.9. The molecule has 0 saturated heterocycles. The van der Waals surface area contributed by atoms with Crippen molar-refractivity contribution < 1.29 is 27.4 Å². The van der Waals surface area contributed by atoms with Gasteiger partial charge in [0.25, 0.3) is 0 Å². The van der Waals surface area contributed by atoms with E-state index in [4.69, 9.17) is 14.2 Å². The summed E-state index contributed by atoms with van der Waals surface area (Å²) in [5.74, 6) is 0. The summed E-state index contributed by atoms with van der Waals surface area (Å²) >= 11 is 0. The molecular formula is C13H25F3O3. The Morgan fingerprint density at radius 3 is 1.84 bits per heavy atom. The highest BCUT2D eigenvalue weighted by Crippen LogP contribution is 2.21. The fraction of sp³-hybridized carbons (Fsp3) is 1.00. The van der Waals surface area contributed by atoms with E-state index < -0.39 is 18.4 Å². The van der Waals surface area contributed by atoms with Crippen LogP contribution in [0, 0.1) is 0 Å². The Hall–Kier alpha value is -0.330. The van der Waals surface area contributed by atoms with Crippen molar-refractivity contribution in [3.05, 3.63) is 0 Å². The van der Waals surface area contributed by atoms with E-state index in [1.807, 2.05) is 20.8 Å². The lowest BCUT2D eigenvalue weighted by atomic mass is 10.1. The minimum atomic E-state index is -4.29. The van der Waals surface area contributed by atoms with E-state index in [9.17, 15) is 13.2 Å². The molecule has 0 aromatic rings. The molecule has 0 aliphatic heterocycles. The van der Waals surface area contributed by atoms with Crippen LogP contribution in [0.3, 0.4) is 0 Å². The van der Waals surface area contributed by atoms with Crippen LogP contribution in [0.1, 0.15) is 41.0 Å². The second-order valence-corrected chi connectivity index (χ2v) is 5.99. The molecular weight excluding hydrogens is 261 g/mol. The van der Waals surface area contributed by atoms with Crippen molar-refractivity contribution in [2.75, 3.05) is 26.4 Å². The third-order valence-corrected chi connectivity index (χ3v) is 2.24. The van der Waals surface area contributed by atoms with Gasteiger partial charge in [-0.25, -0.2) is 0 Å².